The molecule has 0 aliphatic heterocycles. The summed E-state index contributed by atoms with van der Waals surface area (Å²) in [5.74, 6) is 0.00654. The molecule has 19 heavy (non-hydrogen) atoms. The first-order valence-electron chi connectivity index (χ1n) is 5.66. The van der Waals surface area contributed by atoms with Crippen LogP contribution in [0, 0.1) is 12.7 Å². The summed E-state index contributed by atoms with van der Waals surface area (Å²) < 4.78 is 26.0. The second kappa shape index (κ2) is 5.84. The van der Waals surface area contributed by atoms with Crippen molar-refractivity contribution in [2.24, 2.45) is 0 Å². The van der Waals surface area contributed by atoms with E-state index < -0.39 is 10.8 Å². The maximum atomic E-state index is 13.0. The highest BCUT2D eigenvalue weighted by Gasteiger charge is 2.12. The number of halogens is 2. The molecule has 0 spiro atoms. The summed E-state index contributed by atoms with van der Waals surface area (Å²) in [6, 6.07) is 9.75. The van der Waals surface area contributed by atoms with Crippen LogP contribution in [0.2, 0.25) is 0 Å². The van der Waals surface area contributed by atoms with Crippen LogP contribution >= 0.6 is 15.9 Å². The van der Waals surface area contributed by atoms with Crippen molar-refractivity contribution in [2.75, 3.05) is 5.73 Å². The molecule has 2 aromatic carbocycles. The summed E-state index contributed by atoms with van der Waals surface area (Å²) in [4.78, 5) is 0.719. The fourth-order valence-corrected chi connectivity index (χ4v) is 3.79. The fraction of sp³-hybridized carbons (Fsp3) is 0.143. The predicted molar refractivity (Wildman–Crippen MR) is 79.8 cm³/mol. The largest absolute Gasteiger partial charge is 0.398 e. The van der Waals surface area contributed by atoms with Crippen molar-refractivity contribution in [1.82, 2.24) is 0 Å². The highest BCUT2D eigenvalue weighted by Crippen LogP contribution is 2.24. The van der Waals surface area contributed by atoms with Gasteiger partial charge in [0.05, 0.1) is 16.6 Å². The van der Waals surface area contributed by atoms with Gasteiger partial charge >= 0.3 is 0 Å². The smallest absolute Gasteiger partial charge is 0.124 e. The lowest BCUT2D eigenvalue weighted by molar-refractivity contribution is 0.626. The second-order valence-electron chi connectivity index (χ2n) is 4.20. The van der Waals surface area contributed by atoms with E-state index in [4.69, 9.17) is 5.73 Å². The standard InChI is InChI=1S/C14H13BrFNOS/c1-9-13(17)3-2-4-14(9)19(18)8-10-5-6-11(16)7-12(10)15/h2-7H,8,17H2,1H3. The van der Waals surface area contributed by atoms with Gasteiger partial charge in [0.15, 0.2) is 0 Å². The van der Waals surface area contributed by atoms with Crippen LogP contribution in [-0.4, -0.2) is 4.21 Å². The predicted octanol–water partition coefficient (Wildman–Crippen LogP) is 3.79. The number of nitrogen functional groups attached to an aromatic ring is 1. The van der Waals surface area contributed by atoms with Crippen molar-refractivity contribution >= 4 is 32.4 Å². The summed E-state index contributed by atoms with van der Waals surface area (Å²) in [7, 11) is -1.21. The zero-order chi connectivity index (χ0) is 14.0. The molecule has 0 amide bonds. The summed E-state index contributed by atoms with van der Waals surface area (Å²) in [6.45, 7) is 1.85. The first kappa shape index (κ1) is 14.2. The van der Waals surface area contributed by atoms with Gasteiger partial charge in [-0.3, -0.25) is 4.21 Å². The molecule has 0 bridgehead atoms. The van der Waals surface area contributed by atoms with Crippen LogP contribution in [-0.2, 0) is 16.6 Å². The number of benzene rings is 2. The average molecular weight is 342 g/mol. The van der Waals surface area contributed by atoms with E-state index in [1.165, 1.54) is 12.1 Å². The second-order valence-corrected chi connectivity index (χ2v) is 6.47. The van der Waals surface area contributed by atoms with Crippen LogP contribution in [0.25, 0.3) is 0 Å². The van der Waals surface area contributed by atoms with Crippen molar-refractivity contribution < 1.29 is 8.60 Å². The number of rotatable bonds is 3. The van der Waals surface area contributed by atoms with Crippen molar-refractivity contribution in [1.29, 1.82) is 0 Å². The average Bonchev–Trinajstić information content (AvgIpc) is 2.36. The van der Waals surface area contributed by atoms with Gasteiger partial charge < -0.3 is 5.73 Å². The van der Waals surface area contributed by atoms with Crippen LogP contribution in [0.1, 0.15) is 11.1 Å². The lowest BCUT2D eigenvalue weighted by atomic mass is 10.2. The zero-order valence-corrected chi connectivity index (χ0v) is 12.7. The normalized spacial score (nSPS) is 12.4. The van der Waals surface area contributed by atoms with Crippen LogP contribution < -0.4 is 5.73 Å². The van der Waals surface area contributed by atoms with E-state index in [0.29, 0.717) is 15.9 Å². The summed E-state index contributed by atoms with van der Waals surface area (Å²) in [6.07, 6.45) is 0. The van der Waals surface area contributed by atoms with Crippen LogP contribution in [0.3, 0.4) is 0 Å². The Morgan fingerprint density at radius 1 is 1.32 bits per heavy atom. The third-order valence-electron chi connectivity index (χ3n) is 2.87. The molecule has 5 heteroatoms. The Morgan fingerprint density at radius 3 is 2.74 bits per heavy atom. The van der Waals surface area contributed by atoms with Gasteiger partial charge in [-0.15, -0.1) is 0 Å². The molecular formula is C14H13BrFNOS. The molecule has 0 aliphatic rings. The first-order valence-corrected chi connectivity index (χ1v) is 7.77. The molecule has 1 unspecified atom stereocenters. The SMILES string of the molecule is Cc1c(N)cccc1S(=O)Cc1ccc(F)cc1Br. The van der Waals surface area contributed by atoms with Crippen LogP contribution in [0.4, 0.5) is 10.1 Å². The lowest BCUT2D eigenvalue weighted by Crippen LogP contribution is -2.02. The minimum absolute atomic E-state index is 0.318. The topological polar surface area (TPSA) is 43.1 Å². The Hall–Kier alpha value is -1.20. The molecule has 0 radical (unpaired) electrons. The quantitative estimate of drug-likeness (QED) is 0.863. The molecule has 1 atom stereocenters. The summed E-state index contributed by atoms with van der Waals surface area (Å²) >= 11 is 3.28. The van der Waals surface area contributed by atoms with Gasteiger partial charge in [0, 0.05) is 15.1 Å². The molecule has 2 aromatic rings. The third kappa shape index (κ3) is 3.22. The van der Waals surface area contributed by atoms with Crippen molar-refractivity contribution in [3.63, 3.8) is 0 Å². The maximum Gasteiger partial charge on any atom is 0.124 e. The number of nitrogens with two attached hydrogens (primary N) is 1. The minimum atomic E-state index is -1.21. The fourth-order valence-electron chi connectivity index (χ4n) is 1.74. The Labute approximate surface area is 122 Å². The number of hydrogen-bond acceptors (Lipinski definition) is 2. The maximum absolute atomic E-state index is 13.0. The van der Waals surface area contributed by atoms with E-state index in [1.54, 1.807) is 24.3 Å². The van der Waals surface area contributed by atoms with E-state index in [0.717, 1.165) is 16.0 Å². The van der Waals surface area contributed by atoms with Crippen LogP contribution in [0.5, 0.6) is 0 Å². The molecule has 100 valence electrons. The zero-order valence-electron chi connectivity index (χ0n) is 10.3. The van der Waals surface area contributed by atoms with Crippen molar-refractivity contribution in [2.45, 2.75) is 17.6 Å². The van der Waals surface area contributed by atoms with Gasteiger partial charge in [-0.2, -0.15) is 0 Å². The van der Waals surface area contributed by atoms with Gasteiger partial charge in [0.2, 0.25) is 0 Å². The number of hydrogen-bond donors (Lipinski definition) is 1. The molecule has 0 aliphatic carbocycles. The lowest BCUT2D eigenvalue weighted by Gasteiger charge is -2.09. The van der Waals surface area contributed by atoms with E-state index in [9.17, 15) is 8.60 Å². The van der Waals surface area contributed by atoms with E-state index in [1.807, 2.05) is 6.92 Å². The van der Waals surface area contributed by atoms with Crippen molar-refractivity contribution in [3.05, 3.63) is 57.8 Å². The molecule has 2 rings (SSSR count). The van der Waals surface area contributed by atoms with E-state index >= 15 is 0 Å². The Balaban J connectivity index is 2.28. The number of anilines is 1. The molecule has 0 saturated carbocycles. The van der Waals surface area contributed by atoms with Gasteiger partial charge in [0.1, 0.15) is 5.82 Å². The Kier molecular flexibility index (Phi) is 4.37. The van der Waals surface area contributed by atoms with Crippen LogP contribution in [0.15, 0.2) is 45.8 Å². The van der Waals surface area contributed by atoms with Gasteiger partial charge in [-0.1, -0.05) is 28.1 Å². The third-order valence-corrected chi connectivity index (χ3v) is 5.12. The van der Waals surface area contributed by atoms with E-state index in [-0.39, 0.29) is 5.82 Å². The van der Waals surface area contributed by atoms with Gasteiger partial charge in [0.25, 0.3) is 0 Å². The molecule has 0 aromatic heterocycles. The molecule has 0 saturated heterocycles. The van der Waals surface area contributed by atoms with E-state index in [2.05, 4.69) is 15.9 Å². The van der Waals surface area contributed by atoms with Crippen molar-refractivity contribution in [3.8, 4) is 0 Å². The molecule has 2 nitrogen and oxygen atoms in total. The summed E-state index contributed by atoms with van der Waals surface area (Å²) in [5, 5.41) is 0. The molecule has 2 N–H and O–H groups in total. The van der Waals surface area contributed by atoms with Gasteiger partial charge in [-0.05, 0) is 42.3 Å². The van der Waals surface area contributed by atoms with Gasteiger partial charge in [-0.25, -0.2) is 4.39 Å². The minimum Gasteiger partial charge on any atom is -0.398 e. The first-order chi connectivity index (χ1) is 8.99. The molecular weight excluding hydrogens is 329 g/mol. The molecule has 0 fully saturated rings. The highest BCUT2D eigenvalue weighted by molar-refractivity contribution is 9.10. The Morgan fingerprint density at radius 2 is 2.05 bits per heavy atom. The summed E-state index contributed by atoms with van der Waals surface area (Å²) in [5.41, 5.74) is 8.08. The molecule has 0 heterocycles. The Bertz CT molecular complexity index is 645. The monoisotopic (exact) mass is 341 g/mol. The highest BCUT2D eigenvalue weighted by atomic mass is 79.9.